The molecule has 0 spiro atoms. The maximum absolute atomic E-state index is 12.4. The Morgan fingerprint density at radius 1 is 0.893 bits per heavy atom. The number of Topliss-reactive ketones (excluding diaryl/α,β-unsaturated/α-hetero) is 1. The summed E-state index contributed by atoms with van der Waals surface area (Å²) in [4.78, 5) is 12.4. The van der Waals surface area contributed by atoms with Crippen LogP contribution in [0.5, 0.6) is 0 Å². The SMILES string of the molecule is CCCCCCCCCCCCc1ccc(CC(=O)C2(C(=N)N)CC2)cc1.Cl. The van der Waals surface area contributed by atoms with Crippen LogP contribution in [0.2, 0.25) is 0 Å². The Morgan fingerprint density at radius 3 is 1.82 bits per heavy atom. The summed E-state index contributed by atoms with van der Waals surface area (Å²) in [6, 6.07) is 8.45. The van der Waals surface area contributed by atoms with Crippen molar-refractivity contribution in [2.24, 2.45) is 11.1 Å². The van der Waals surface area contributed by atoms with Crippen LogP contribution in [0.1, 0.15) is 95.1 Å². The summed E-state index contributed by atoms with van der Waals surface area (Å²) in [7, 11) is 0. The third-order valence-corrected chi connectivity index (χ3v) is 6.01. The number of hydrogen-bond acceptors (Lipinski definition) is 2. The van der Waals surface area contributed by atoms with Crippen LogP contribution in [-0.2, 0) is 17.6 Å². The molecule has 0 unspecified atom stereocenters. The molecular weight excluding hydrogens is 368 g/mol. The quantitative estimate of drug-likeness (QED) is 0.201. The van der Waals surface area contributed by atoms with Gasteiger partial charge in [-0.25, -0.2) is 0 Å². The fourth-order valence-corrected chi connectivity index (χ4v) is 3.82. The molecule has 1 fully saturated rings. The molecule has 0 aliphatic heterocycles. The van der Waals surface area contributed by atoms with Gasteiger partial charge in [0.25, 0.3) is 0 Å². The lowest BCUT2D eigenvalue weighted by molar-refractivity contribution is -0.121. The van der Waals surface area contributed by atoms with Crippen molar-refractivity contribution in [1.29, 1.82) is 5.41 Å². The summed E-state index contributed by atoms with van der Waals surface area (Å²) in [5.41, 5.74) is 7.37. The zero-order chi connectivity index (χ0) is 19.5. The third kappa shape index (κ3) is 7.95. The molecular formula is C24H39ClN2O. The van der Waals surface area contributed by atoms with Crippen molar-refractivity contribution in [2.75, 3.05) is 0 Å². The lowest BCUT2D eigenvalue weighted by Crippen LogP contribution is -2.32. The van der Waals surface area contributed by atoms with Gasteiger partial charge < -0.3 is 5.73 Å². The molecule has 2 rings (SSSR count). The molecule has 0 aromatic heterocycles. The van der Waals surface area contributed by atoms with Gasteiger partial charge in [-0.3, -0.25) is 10.2 Å². The van der Waals surface area contributed by atoms with E-state index >= 15 is 0 Å². The van der Waals surface area contributed by atoms with Crippen LogP contribution in [0.4, 0.5) is 0 Å². The van der Waals surface area contributed by atoms with Crippen molar-refractivity contribution in [3.8, 4) is 0 Å². The molecule has 1 aromatic carbocycles. The smallest absolute Gasteiger partial charge is 0.150 e. The van der Waals surface area contributed by atoms with Gasteiger partial charge in [-0.2, -0.15) is 0 Å². The van der Waals surface area contributed by atoms with Crippen molar-refractivity contribution in [3.63, 3.8) is 0 Å². The van der Waals surface area contributed by atoms with Gasteiger partial charge in [0.2, 0.25) is 0 Å². The number of benzene rings is 1. The van der Waals surface area contributed by atoms with Gasteiger partial charge in [-0.1, -0.05) is 89.0 Å². The molecule has 0 amide bonds. The van der Waals surface area contributed by atoms with Crippen molar-refractivity contribution in [2.45, 2.75) is 96.8 Å². The predicted molar refractivity (Wildman–Crippen MR) is 122 cm³/mol. The van der Waals surface area contributed by atoms with Gasteiger partial charge in [-0.05, 0) is 36.8 Å². The molecule has 0 saturated heterocycles. The van der Waals surface area contributed by atoms with E-state index in [1.165, 1.54) is 69.8 Å². The summed E-state index contributed by atoms with van der Waals surface area (Å²) in [5.74, 6) is 0.155. The topological polar surface area (TPSA) is 66.9 Å². The number of unbranched alkanes of at least 4 members (excludes halogenated alkanes) is 9. The molecule has 0 atom stereocenters. The van der Waals surface area contributed by atoms with E-state index in [1.54, 1.807) is 0 Å². The van der Waals surface area contributed by atoms with Crippen molar-refractivity contribution >= 4 is 24.0 Å². The maximum atomic E-state index is 12.4. The number of hydrogen-bond donors (Lipinski definition) is 2. The molecule has 1 aromatic rings. The fraction of sp³-hybridized carbons (Fsp3) is 0.667. The monoisotopic (exact) mass is 406 g/mol. The number of carbonyl (C=O) groups is 1. The van der Waals surface area contributed by atoms with E-state index in [9.17, 15) is 4.79 Å². The lowest BCUT2D eigenvalue weighted by Gasteiger charge is -2.12. The molecule has 0 heterocycles. The maximum Gasteiger partial charge on any atom is 0.150 e. The number of nitrogens with two attached hydrogens (primary N) is 1. The Balaban J connectivity index is 0.00000392. The van der Waals surface area contributed by atoms with Gasteiger partial charge in [0.15, 0.2) is 5.78 Å². The van der Waals surface area contributed by atoms with Gasteiger partial charge in [0.1, 0.15) is 5.84 Å². The van der Waals surface area contributed by atoms with Crippen molar-refractivity contribution in [1.82, 2.24) is 0 Å². The molecule has 1 saturated carbocycles. The number of carbonyl (C=O) groups excluding carboxylic acids is 1. The van der Waals surface area contributed by atoms with Crippen LogP contribution in [0.25, 0.3) is 0 Å². The van der Waals surface area contributed by atoms with E-state index in [1.807, 2.05) is 0 Å². The molecule has 158 valence electrons. The Kier molecular flexibility index (Phi) is 11.4. The van der Waals surface area contributed by atoms with Crippen molar-refractivity contribution in [3.05, 3.63) is 35.4 Å². The third-order valence-electron chi connectivity index (χ3n) is 6.01. The Hall–Kier alpha value is -1.35. The highest BCUT2D eigenvalue weighted by atomic mass is 35.5. The van der Waals surface area contributed by atoms with Crippen LogP contribution >= 0.6 is 12.4 Å². The van der Waals surface area contributed by atoms with Crippen LogP contribution < -0.4 is 5.73 Å². The highest BCUT2D eigenvalue weighted by molar-refractivity contribution is 6.09. The van der Waals surface area contributed by atoms with Crippen molar-refractivity contribution < 1.29 is 4.79 Å². The van der Waals surface area contributed by atoms with E-state index in [4.69, 9.17) is 11.1 Å². The molecule has 1 aliphatic carbocycles. The summed E-state index contributed by atoms with van der Waals surface area (Å²) in [5, 5.41) is 7.62. The molecule has 0 bridgehead atoms. The van der Waals surface area contributed by atoms with E-state index in [2.05, 4.69) is 31.2 Å². The van der Waals surface area contributed by atoms with Gasteiger partial charge >= 0.3 is 0 Å². The molecule has 4 heteroatoms. The molecule has 3 nitrogen and oxygen atoms in total. The highest BCUT2D eigenvalue weighted by Gasteiger charge is 2.52. The minimum Gasteiger partial charge on any atom is -0.387 e. The zero-order valence-corrected chi connectivity index (χ0v) is 18.4. The number of amidine groups is 1. The van der Waals surface area contributed by atoms with Gasteiger partial charge in [0.05, 0.1) is 5.41 Å². The van der Waals surface area contributed by atoms with Crippen LogP contribution in [0, 0.1) is 10.8 Å². The molecule has 0 radical (unpaired) electrons. The summed E-state index contributed by atoms with van der Waals surface area (Å²) in [6.07, 6.45) is 16.7. The first-order valence-corrected chi connectivity index (χ1v) is 11.0. The first-order chi connectivity index (χ1) is 13.1. The first kappa shape index (κ1) is 24.7. The fourth-order valence-electron chi connectivity index (χ4n) is 3.82. The molecule has 3 N–H and O–H groups in total. The van der Waals surface area contributed by atoms with Crippen LogP contribution in [0.3, 0.4) is 0 Å². The van der Waals surface area contributed by atoms with E-state index in [0.29, 0.717) is 6.42 Å². The van der Waals surface area contributed by atoms with E-state index in [-0.39, 0.29) is 24.0 Å². The average molecular weight is 407 g/mol. The summed E-state index contributed by atoms with van der Waals surface area (Å²) in [6.45, 7) is 2.27. The number of halogens is 1. The highest BCUT2D eigenvalue weighted by Crippen LogP contribution is 2.47. The number of aryl methyl sites for hydroxylation is 1. The molecule has 28 heavy (non-hydrogen) atoms. The zero-order valence-electron chi connectivity index (χ0n) is 17.6. The minimum atomic E-state index is -0.630. The minimum absolute atomic E-state index is 0. The van der Waals surface area contributed by atoms with Crippen LogP contribution in [-0.4, -0.2) is 11.6 Å². The molecule has 1 aliphatic rings. The predicted octanol–water partition coefficient (Wildman–Crippen LogP) is 6.40. The normalized spacial score (nSPS) is 14.3. The number of ketones is 1. The Labute approximate surface area is 177 Å². The Morgan fingerprint density at radius 2 is 1.36 bits per heavy atom. The van der Waals surface area contributed by atoms with E-state index in [0.717, 1.165) is 24.8 Å². The first-order valence-electron chi connectivity index (χ1n) is 11.0. The largest absolute Gasteiger partial charge is 0.387 e. The van der Waals surface area contributed by atoms with Gasteiger partial charge in [0, 0.05) is 6.42 Å². The van der Waals surface area contributed by atoms with Gasteiger partial charge in [-0.15, -0.1) is 12.4 Å². The number of nitrogens with one attached hydrogen (secondary N) is 1. The summed E-state index contributed by atoms with van der Waals surface area (Å²) < 4.78 is 0. The van der Waals surface area contributed by atoms with E-state index < -0.39 is 5.41 Å². The lowest BCUT2D eigenvalue weighted by atomic mass is 9.93. The Bertz CT molecular complexity index is 593. The van der Waals surface area contributed by atoms with Crippen LogP contribution in [0.15, 0.2) is 24.3 Å². The average Bonchev–Trinajstić information content (AvgIpc) is 3.47. The standard InChI is InChI=1S/C24H38N2O.ClH/c1-2-3-4-5-6-7-8-9-10-11-12-20-13-15-21(16-14-20)19-22(27)24(17-18-24)23(25)26;/h13-16H,2-12,17-19H2,1H3,(H3,25,26);1H. The second-order valence-electron chi connectivity index (χ2n) is 8.34. The second kappa shape index (κ2) is 13.0. The number of rotatable bonds is 15. The summed E-state index contributed by atoms with van der Waals surface area (Å²) >= 11 is 0. The second-order valence-corrected chi connectivity index (χ2v) is 8.34.